The molecular weight excluding hydrogens is 360 g/mol. The Labute approximate surface area is 192 Å². The van der Waals surface area contributed by atoms with Crippen LogP contribution in [0.15, 0.2) is 0 Å². The quantitative estimate of drug-likeness (QED) is 0.114. The summed E-state index contributed by atoms with van der Waals surface area (Å²) >= 11 is 0. The van der Waals surface area contributed by atoms with Gasteiger partial charge in [0.1, 0.15) is 0 Å². The number of unbranched alkanes of at least 4 members (excludes halogenated alkanes) is 18. The van der Waals surface area contributed by atoms with Crippen molar-refractivity contribution in [1.82, 2.24) is 0 Å². The van der Waals surface area contributed by atoms with E-state index >= 15 is 0 Å². The van der Waals surface area contributed by atoms with Crippen LogP contribution in [0.3, 0.4) is 0 Å². The molecule has 0 bridgehead atoms. The first-order valence-corrected chi connectivity index (χ1v) is 14.3. The standard InChI is InChI=1S/C30H58/c1-4-7-9-11-12-13-14-15-16-17-18-19-20-21-22-23-24-25-27-29-30(6-3)28-26-10-8-5-2/h30H,4-19,22-29H2,1-3H3. The second-order valence-electron chi connectivity index (χ2n) is 9.72. The molecule has 1 atom stereocenters. The molecule has 0 aliphatic rings. The second-order valence-corrected chi connectivity index (χ2v) is 9.72. The van der Waals surface area contributed by atoms with Crippen LogP contribution < -0.4 is 0 Å². The summed E-state index contributed by atoms with van der Waals surface area (Å²) in [5, 5.41) is 0. The van der Waals surface area contributed by atoms with Crippen LogP contribution in [0.2, 0.25) is 0 Å². The van der Waals surface area contributed by atoms with Gasteiger partial charge in [0.05, 0.1) is 0 Å². The van der Waals surface area contributed by atoms with Gasteiger partial charge in [-0.2, -0.15) is 0 Å². The Bertz CT molecular complexity index is 358. The van der Waals surface area contributed by atoms with Crippen molar-refractivity contribution in [1.29, 1.82) is 0 Å². The Morgan fingerprint density at radius 3 is 1.13 bits per heavy atom. The van der Waals surface area contributed by atoms with Crippen LogP contribution >= 0.6 is 0 Å². The molecule has 0 radical (unpaired) electrons. The van der Waals surface area contributed by atoms with Gasteiger partial charge in [-0.25, -0.2) is 0 Å². The second kappa shape index (κ2) is 26.6. The highest BCUT2D eigenvalue weighted by molar-refractivity contribution is 4.98. The monoisotopic (exact) mass is 418 g/mol. The summed E-state index contributed by atoms with van der Waals surface area (Å²) in [4.78, 5) is 0. The molecule has 0 rings (SSSR count). The predicted molar refractivity (Wildman–Crippen MR) is 139 cm³/mol. The number of hydrogen-bond donors (Lipinski definition) is 0. The molecule has 0 saturated carbocycles. The van der Waals surface area contributed by atoms with Crippen molar-refractivity contribution in [3.05, 3.63) is 0 Å². The lowest BCUT2D eigenvalue weighted by Crippen LogP contribution is -1.99. The third-order valence-electron chi connectivity index (χ3n) is 6.74. The van der Waals surface area contributed by atoms with E-state index in [1.165, 1.54) is 141 Å². The maximum Gasteiger partial charge on any atom is 0.00886 e. The van der Waals surface area contributed by atoms with Gasteiger partial charge in [0.25, 0.3) is 0 Å². The van der Waals surface area contributed by atoms with Crippen molar-refractivity contribution >= 4 is 0 Å². The van der Waals surface area contributed by atoms with Crippen LogP contribution in [0.25, 0.3) is 0 Å². The van der Waals surface area contributed by atoms with E-state index in [1.807, 2.05) is 0 Å². The van der Waals surface area contributed by atoms with E-state index in [1.54, 1.807) is 0 Å². The molecule has 0 nitrogen and oxygen atoms in total. The molecule has 0 fully saturated rings. The SMILES string of the molecule is CCCCCCCCCCCCCC#CCCCCCCC(CC)CCCCCC. The minimum Gasteiger partial charge on any atom is -0.103 e. The molecule has 0 aliphatic heterocycles. The summed E-state index contributed by atoms with van der Waals surface area (Å²) < 4.78 is 0. The Morgan fingerprint density at radius 2 is 0.733 bits per heavy atom. The lowest BCUT2D eigenvalue weighted by Gasteiger charge is -2.14. The molecule has 0 heteroatoms. The molecule has 0 N–H and O–H groups in total. The normalized spacial score (nSPS) is 12.0. The fourth-order valence-electron chi connectivity index (χ4n) is 4.47. The summed E-state index contributed by atoms with van der Waals surface area (Å²) in [5.74, 6) is 7.83. The Hall–Kier alpha value is -0.440. The van der Waals surface area contributed by atoms with Crippen molar-refractivity contribution in [2.45, 2.75) is 175 Å². The summed E-state index contributed by atoms with van der Waals surface area (Å²) in [6.07, 6.45) is 33.5. The van der Waals surface area contributed by atoms with E-state index in [-0.39, 0.29) is 0 Å². The zero-order valence-electron chi connectivity index (χ0n) is 21.5. The van der Waals surface area contributed by atoms with Crippen molar-refractivity contribution in [3.63, 3.8) is 0 Å². The van der Waals surface area contributed by atoms with Gasteiger partial charge in [0.15, 0.2) is 0 Å². The Morgan fingerprint density at radius 1 is 0.400 bits per heavy atom. The third kappa shape index (κ3) is 23.8. The van der Waals surface area contributed by atoms with Gasteiger partial charge in [-0.15, -0.1) is 11.8 Å². The van der Waals surface area contributed by atoms with Crippen LogP contribution in [-0.4, -0.2) is 0 Å². The number of hydrogen-bond acceptors (Lipinski definition) is 0. The van der Waals surface area contributed by atoms with Gasteiger partial charge < -0.3 is 0 Å². The zero-order chi connectivity index (χ0) is 22.0. The zero-order valence-corrected chi connectivity index (χ0v) is 21.5. The summed E-state index contributed by atoms with van der Waals surface area (Å²) in [5.41, 5.74) is 0. The first kappa shape index (κ1) is 29.6. The first-order valence-electron chi connectivity index (χ1n) is 14.3. The molecule has 0 spiro atoms. The van der Waals surface area contributed by atoms with Gasteiger partial charge >= 0.3 is 0 Å². The van der Waals surface area contributed by atoms with Crippen LogP contribution in [0, 0.1) is 17.8 Å². The summed E-state index contributed by atoms with van der Waals surface area (Å²) in [6.45, 7) is 6.99. The minimum atomic E-state index is 0.993. The average molecular weight is 419 g/mol. The third-order valence-corrected chi connectivity index (χ3v) is 6.74. The highest BCUT2D eigenvalue weighted by Crippen LogP contribution is 2.21. The fourth-order valence-corrected chi connectivity index (χ4v) is 4.47. The van der Waals surface area contributed by atoms with Gasteiger partial charge in [0, 0.05) is 12.8 Å². The fraction of sp³-hybridized carbons (Fsp3) is 0.933. The molecule has 0 aromatic carbocycles. The Balaban J connectivity index is 3.28. The van der Waals surface area contributed by atoms with Crippen molar-refractivity contribution in [3.8, 4) is 11.8 Å². The van der Waals surface area contributed by atoms with Gasteiger partial charge in [-0.3, -0.25) is 0 Å². The molecule has 0 amide bonds. The van der Waals surface area contributed by atoms with E-state index in [2.05, 4.69) is 32.6 Å². The molecular formula is C30H58. The van der Waals surface area contributed by atoms with Crippen LogP contribution in [0.4, 0.5) is 0 Å². The minimum absolute atomic E-state index is 0.993. The van der Waals surface area contributed by atoms with Crippen molar-refractivity contribution in [2.24, 2.45) is 5.92 Å². The molecule has 0 aromatic heterocycles. The van der Waals surface area contributed by atoms with E-state index < -0.39 is 0 Å². The van der Waals surface area contributed by atoms with Gasteiger partial charge in [-0.05, 0) is 18.8 Å². The predicted octanol–water partition coefficient (Wildman–Crippen LogP) is 11.0. The highest BCUT2D eigenvalue weighted by Gasteiger charge is 2.05. The lowest BCUT2D eigenvalue weighted by atomic mass is 9.92. The van der Waals surface area contributed by atoms with Crippen molar-refractivity contribution < 1.29 is 0 Å². The van der Waals surface area contributed by atoms with E-state index in [0.29, 0.717) is 0 Å². The smallest absolute Gasteiger partial charge is 0.00886 e. The lowest BCUT2D eigenvalue weighted by molar-refractivity contribution is 0.395. The van der Waals surface area contributed by atoms with Gasteiger partial charge in [-0.1, -0.05) is 149 Å². The van der Waals surface area contributed by atoms with E-state index in [4.69, 9.17) is 0 Å². The average Bonchev–Trinajstić information content (AvgIpc) is 2.76. The Kier molecular flexibility index (Phi) is 26.2. The molecule has 0 aliphatic carbocycles. The van der Waals surface area contributed by atoms with E-state index in [0.717, 1.165) is 18.8 Å². The largest absolute Gasteiger partial charge is 0.103 e. The molecule has 1 unspecified atom stereocenters. The maximum atomic E-state index is 3.42. The maximum absolute atomic E-state index is 3.42. The van der Waals surface area contributed by atoms with Crippen LogP contribution in [0.5, 0.6) is 0 Å². The van der Waals surface area contributed by atoms with Gasteiger partial charge in [0.2, 0.25) is 0 Å². The topological polar surface area (TPSA) is 0 Å². The number of rotatable bonds is 23. The van der Waals surface area contributed by atoms with E-state index in [9.17, 15) is 0 Å². The molecule has 178 valence electrons. The molecule has 30 heavy (non-hydrogen) atoms. The highest BCUT2D eigenvalue weighted by atomic mass is 14.1. The van der Waals surface area contributed by atoms with Crippen LogP contribution in [-0.2, 0) is 0 Å². The first-order chi connectivity index (χ1) is 14.8. The van der Waals surface area contributed by atoms with Crippen LogP contribution in [0.1, 0.15) is 175 Å². The summed E-state index contributed by atoms with van der Waals surface area (Å²) in [6, 6.07) is 0. The van der Waals surface area contributed by atoms with Crippen molar-refractivity contribution in [2.75, 3.05) is 0 Å². The molecule has 0 aromatic rings. The summed E-state index contributed by atoms with van der Waals surface area (Å²) in [7, 11) is 0. The molecule has 0 heterocycles. The molecule has 0 saturated heterocycles.